The number of aromatic nitrogens is 3. The Balaban J connectivity index is 1.40. The van der Waals surface area contributed by atoms with Gasteiger partial charge in [-0.15, -0.1) is 0 Å². The van der Waals surface area contributed by atoms with E-state index in [0.29, 0.717) is 36.8 Å². The lowest BCUT2D eigenvalue weighted by Crippen LogP contribution is -2.36. The maximum Gasteiger partial charge on any atom is 0.276 e. The minimum Gasteiger partial charge on any atom is -0.497 e. The lowest BCUT2D eigenvalue weighted by molar-refractivity contribution is 0.0726. The number of aliphatic hydroxyl groups is 1. The molecule has 0 saturated heterocycles. The lowest BCUT2D eigenvalue weighted by atomic mass is 10.0. The molecule has 0 radical (unpaired) electrons. The van der Waals surface area contributed by atoms with Crippen LogP contribution in [0.3, 0.4) is 0 Å². The van der Waals surface area contributed by atoms with Crippen molar-refractivity contribution in [3.05, 3.63) is 59.1 Å². The molecular formula is C20H22N4O5. The SMILES string of the molecule is COc1ccc(OCc2nc(C(=O)N3CCc4c(c(CO)nn4C)C3)co2)cc1. The summed E-state index contributed by atoms with van der Waals surface area (Å²) >= 11 is 0. The van der Waals surface area contributed by atoms with Gasteiger partial charge in [0.1, 0.15) is 17.8 Å². The molecule has 1 aromatic carbocycles. The van der Waals surface area contributed by atoms with Crippen LogP contribution in [0.5, 0.6) is 11.5 Å². The molecule has 152 valence electrons. The first kappa shape index (κ1) is 19.0. The molecule has 29 heavy (non-hydrogen) atoms. The van der Waals surface area contributed by atoms with Gasteiger partial charge in [0.15, 0.2) is 12.3 Å². The molecule has 0 atom stereocenters. The van der Waals surface area contributed by atoms with Crippen molar-refractivity contribution in [2.45, 2.75) is 26.2 Å². The van der Waals surface area contributed by atoms with Gasteiger partial charge >= 0.3 is 0 Å². The number of hydrogen-bond acceptors (Lipinski definition) is 7. The summed E-state index contributed by atoms with van der Waals surface area (Å²) in [6.45, 7) is 0.909. The standard InChI is InChI=1S/C20H22N4O5/c1-23-18-7-8-24(9-15(18)16(10-25)22-23)20(26)17-11-29-19(21-17)12-28-14-5-3-13(27-2)4-6-14/h3-6,11,25H,7-10,12H2,1-2H3. The number of aliphatic hydroxyl groups excluding tert-OH is 1. The molecule has 0 aliphatic carbocycles. The van der Waals surface area contributed by atoms with Crippen LogP contribution in [0.2, 0.25) is 0 Å². The fraction of sp³-hybridized carbons (Fsp3) is 0.350. The summed E-state index contributed by atoms with van der Waals surface area (Å²) in [5, 5.41) is 13.8. The van der Waals surface area contributed by atoms with Gasteiger partial charge in [0.25, 0.3) is 5.91 Å². The third kappa shape index (κ3) is 3.81. The average molecular weight is 398 g/mol. The maximum absolute atomic E-state index is 12.8. The van der Waals surface area contributed by atoms with E-state index in [1.807, 2.05) is 7.05 Å². The monoisotopic (exact) mass is 398 g/mol. The van der Waals surface area contributed by atoms with Crippen molar-refractivity contribution in [3.63, 3.8) is 0 Å². The fourth-order valence-electron chi connectivity index (χ4n) is 3.42. The quantitative estimate of drug-likeness (QED) is 0.674. The Morgan fingerprint density at radius 3 is 2.76 bits per heavy atom. The first-order valence-corrected chi connectivity index (χ1v) is 9.24. The van der Waals surface area contributed by atoms with Gasteiger partial charge in [0.2, 0.25) is 5.89 Å². The molecule has 1 amide bonds. The number of methoxy groups -OCH3 is 1. The molecule has 9 nitrogen and oxygen atoms in total. The predicted octanol–water partition coefficient (Wildman–Crippen LogP) is 1.69. The maximum atomic E-state index is 12.8. The van der Waals surface area contributed by atoms with Crippen molar-refractivity contribution in [2.75, 3.05) is 13.7 Å². The van der Waals surface area contributed by atoms with Crippen LogP contribution in [0, 0.1) is 0 Å². The molecule has 3 aromatic rings. The second-order valence-corrected chi connectivity index (χ2v) is 6.72. The highest BCUT2D eigenvalue weighted by molar-refractivity contribution is 5.92. The topological polar surface area (TPSA) is 103 Å². The normalized spacial score (nSPS) is 13.3. The Labute approximate surface area is 167 Å². The van der Waals surface area contributed by atoms with E-state index < -0.39 is 0 Å². The number of carbonyl (C=O) groups is 1. The van der Waals surface area contributed by atoms with E-state index in [1.165, 1.54) is 6.26 Å². The van der Waals surface area contributed by atoms with Gasteiger partial charge in [-0.1, -0.05) is 0 Å². The number of nitrogens with zero attached hydrogens (tertiary/aromatic N) is 4. The summed E-state index contributed by atoms with van der Waals surface area (Å²) in [7, 11) is 3.45. The zero-order valence-electron chi connectivity index (χ0n) is 16.3. The molecule has 3 heterocycles. The van der Waals surface area contributed by atoms with Crippen molar-refractivity contribution in [3.8, 4) is 11.5 Å². The van der Waals surface area contributed by atoms with Crippen LogP contribution in [0.4, 0.5) is 0 Å². The van der Waals surface area contributed by atoms with Gasteiger partial charge in [0, 0.05) is 37.8 Å². The number of benzene rings is 1. The second-order valence-electron chi connectivity index (χ2n) is 6.72. The number of rotatable bonds is 6. The molecule has 0 saturated carbocycles. The number of hydrogen-bond donors (Lipinski definition) is 1. The van der Waals surface area contributed by atoms with E-state index in [9.17, 15) is 9.90 Å². The van der Waals surface area contributed by atoms with Crippen LogP contribution in [-0.4, -0.2) is 44.3 Å². The Kier molecular flexibility index (Phi) is 5.22. The van der Waals surface area contributed by atoms with E-state index in [4.69, 9.17) is 13.9 Å². The van der Waals surface area contributed by atoms with Gasteiger partial charge in [-0.25, -0.2) is 4.98 Å². The molecule has 0 fully saturated rings. The van der Waals surface area contributed by atoms with Crippen LogP contribution in [0.25, 0.3) is 0 Å². The summed E-state index contributed by atoms with van der Waals surface area (Å²) in [6.07, 6.45) is 2.02. The second kappa shape index (κ2) is 7.96. The van der Waals surface area contributed by atoms with Gasteiger partial charge in [-0.2, -0.15) is 5.10 Å². The number of oxazole rings is 1. The minimum absolute atomic E-state index is 0.112. The van der Waals surface area contributed by atoms with E-state index in [-0.39, 0.29) is 24.8 Å². The number of ether oxygens (including phenoxy) is 2. The summed E-state index contributed by atoms with van der Waals surface area (Å²) in [5.74, 6) is 1.49. The molecule has 1 N–H and O–H groups in total. The molecular weight excluding hydrogens is 376 g/mol. The molecule has 0 bridgehead atoms. The van der Waals surface area contributed by atoms with Crippen LogP contribution in [-0.2, 0) is 33.2 Å². The first-order chi connectivity index (χ1) is 14.1. The summed E-state index contributed by atoms with van der Waals surface area (Å²) in [5.41, 5.74) is 2.79. The summed E-state index contributed by atoms with van der Waals surface area (Å²) in [4.78, 5) is 18.8. The van der Waals surface area contributed by atoms with Crippen molar-refractivity contribution in [2.24, 2.45) is 7.05 Å². The third-order valence-corrected chi connectivity index (χ3v) is 4.96. The molecule has 2 aromatic heterocycles. The van der Waals surface area contributed by atoms with Crippen molar-refractivity contribution in [1.82, 2.24) is 19.7 Å². The summed E-state index contributed by atoms with van der Waals surface area (Å²) in [6, 6.07) is 7.16. The molecule has 1 aliphatic heterocycles. The Morgan fingerprint density at radius 2 is 2.03 bits per heavy atom. The van der Waals surface area contributed by atoms with E-state index in [2.05, 4.69) is 10.1 Å². The molecule has 9 heteroatoms. The van der Waals surface area contributed by atoms with E-state index in [1.54, 1.807) is 41.0 Å². The van der Waals surface area contributed by atoms with Crippen LogP contribution < -0.4 is 9.47 Å². The number of aryl methyl sites for hydroxylation is 1. The number of fused-ring (bicyclic) bond motifs is 1. The predicted molar refractivity (Wildman–Crippen MR) is 101 cm³/mol. The molecule has 4 rings (SSSR count). The Morgan fingerprint density at radius 1 is 1.28 bits per heavy atom. The van der Waals surface area contributed by atoms with Crippen LogP contribution in [0.1, 0.15) is 33.3 Å². The molecule has 0 unspecified atom stereocenters. The Bertz CT molecular complexity index is 1010. The number of carbonyl (C=O) groups excluding carboxylic acids is 1. The zero-order valence-corrected chi connectivity index (χ0v) is 16.3. The van der Waals surface area contributed by atoms with Crippen molar-refractivity contribution >= 4 is 5.91 Å². The molecule has 1 aliphatic rings. The van der Waals surface area contributed by atoms with Gasteiger partial charge in [-0.3, -0.25) is 9.48 Å². The van der Waals surface area contributed by atoms with E-state index in [0.717, 1.165) is 17.0 Å². The lowest BCUT2D eigenvalue weighted by Gasteiger charge is -2.26. The average Bonchev–Trinajstić information content (AvgIpc) is 3.36. The fourth-order valence-corrected chi connectivity index (χ4v) is 3.42. The van der Waals surface area contributed by atoms with E-state index >= 15 is 0 Å². The van der Waals surface area contributed by atoms with Crippen molar-refractivity contribution in [1.29, 1.82) is 0 Å². The smallest absolute Gasteiger partial charge is 0.276 e. The minimum atomic E-state index is -0.220. The van der Waals surface area contributed by atoms with Gasteiger partial charge in [0.05, 0.1) is 19.4 Å². The van der Waals surface area contributed by atoms with Crippen LogP contribution >= 0.6 is 0 Å². The highest BCUT2D eigenvalue weighted by Gasteiger charge is 2.28. The largest absolute Gasteiger partial charge is 0.497 e. The molecule has 0 spiro atoms. The van der Waals surface area contributed by atoms with Crippen LogP contribution in [0.15, 0.2) is 34.9 Å². The zero-order chi connectivity index (χ0) is 20.4. The third-order valence-electron chi connectivity index (χ3n) is 4.96. The Hall–Kier alpha value is -3.33. The summed E-state index contributed by atoms with van der Waals surface area (Å²) < 4.78 is 17.9. The van der Waals surface area contributed by atoms with Crippen molar-refractivity contribution < 1.29 is 23.8 Å². The highest BCUT2D eigenvalue weighted by Crippen LogP contribution is 2.24. The number of amides is 1. The van der Waals surface area contributed by atoms with Gasteiger partial charge in [-0.05, 0) is 24.3 Å². The first-order valence-electron chi connectivity index (χ1n) is 9.24. The highest BCUT2D eigenvalue weighted by atomic mass is 16.5. The van der Waals surface area contributed by atoms with Gasteiger partial charge < -0.3 is 23.9 Å².